The number of β-lactam (4-membered cyclic amide) rings is 1. The SMILES string of the molecule is CON=C(C(=O)NC1C(=O)N2CC(O)(C(=O)OCc3ccc([N+](=O)[O-])cc3)CS[C@H]12)c1csc(NC=O)n1. The Morgan fingerprint density at radius 3 is 2.79 bits per heavy atom. The summed E-state index contributed by atoms with van der Waals surface area (Å²) in [5.74, 6) is -2.30. The molecule has 0 spiro atoms. The fourth-order valence-electron chi connectivity index (χ4n) is 3.69. The van der Waals surface area contributed by atoms with Gasteiger partial charge in [-0.25, -0.2) is 9.78 Å². The average Bonchev–Trinajstić information content (AvgIpc) is 3.37. The van der Waals surface area contributed by atoms with E-state index in [-0.39, 0.29) is 41.1 Å². The molecular weight excluding hydrogens is 544 g/mol. The largest absolute Gasteiger partial charge is 0.459 e. The Morgan fingerprint density at radius 2 is 2.13 bits per heavy atom. The van der Waals surface area contributed by atoms with E-state index in [1.165, 1.54) is 41.7 Å². The van der Waals surface area contributed by atoms with E-state index in [1.807, 2.05) is 0 Å². The fourth-order valence-corrected chi connectivity index (χ4v) is 5.73. The van der Waals surface area contributed by atoms with Crippen LogP contribution in [0.3, 0.4) is 0 Å². The number of fused-ring (bicyclic) bond motifs is 1. The molecule has 2 aliphatic rings. The van der Waals surface area contributed by atoms with Crippen molar-refractivity contribution in [3.05, 3.63) is 51.0 Å². The highest BCUT2D eigenvalue weighted by Gasteiger charge is 2.57. The molecule has 2 saturated heterocycles. The number of thiazole rings is 1. The number of nitrogens with zero attached hydrogens (tertiary/aromatic N) is 4. The molecule has 3 amide bonds. The Balaban J connectivity index is 1.34. The van der Waals surface area contributed by atoms with Gasteiger partial charge in [0.05, 0.1) is 11.5 Å². The number of nitrogens with one attached hydrogen (secondary N) is 2. The van der Waals surface area contributed by atoms with E-state index in [4.69, 9.17) is 9.57 Å². The van der Waals surface area contributed by atoms with Gasteiger partial charge in [-0.2, -0.15) is 0 Å². The van der Waals surface area contributed by atoms with E-state index in [0.29, 0.717) is 12.0 Å². The molecule has 17 heteroatoms. The van der Waals surface area contributed by atoms with Gasteiger partial charge >= 0.3 is 5.97 Å². The Morgan fingerprint density at radius 1 is 1.39 bits per heavy atom. The van der Waals surface area contributed by atoms with Crippen LogP contribution in [0.4, 0.5) is 10.8 Å². The molecule has 0 radical (unpaired) electrons. The molecule has 1 aromatic carbocycles. The van der Waals surface area contributed by atoms with Gasteiger partial charge in [-0.3, -0.25) is 24.5 Å². The van der Waals surface area contributed by atoms with E-state index in [0.717, 1.165) is 23.1 Å². The number of nitro benzene ring substituents is 1. The van der Waals surface area contributed by atoms with Crippen LogP contribution in [0.25, 0.3) is 0 Å². The number of carbonyl (C=O) groups is 4. The van der Waals surface area contributed by atoms with Gasteiger partial charge in [0.25, 0.3) is 11.6 Å². The zero-order chi connectivity index (χ0) is 27.4. The molecule has 0 aliphatic carbocycles. The lowest BCUT2D eigenvalue weighted by atomic mass is 9.99. The lowest BCUT2D eigenvalue weighted by Gasteiger charge is -2.52. The third kappa shape index (κ3) is 5.43. The number of aliphatic hydroxyl groups is 1. The molecular formula is C21H20N6O9S2. The van der Waals surface area contributed by atoms with Crippen LogP contribution in [0.15, 0.2) is 34.8 Å². The maximum Gasteiger partial charge on any atom is 0.341 e. The number of amides is 3. The number of thioether (sulfide) groups is 1. The van der Waals surface area contributed by atoms with Crippen LogP contribution in [0, 0.1) is 10.1 Å². The standard InChI is InChI=1S/C21H20N6O9S2/c1-35-25-14(13-7-37-20(23-13)22-10-28)16(29)24-15-17(30)26-8-21(32,9-38-18(15)26)19(31)36-6-11-2-4-12(5-3-11)27(33)34/h2-5,7,10,15,18,32H,6,8-9H2,1H3,(H,24,29)(H,22,23,28)/t15?,18-,21?/m1/s1. The highest BCUT2D eigenvalue weighted by molar-refractivity contribution is 8.00. The maximum atomic E-state index is 12.8. The molecule has 3 heterocycles. The number of aromatic nitrogens is 1. The van der Waals surface area contributed by atoms with E-state index in [2.05, 4.69) is 20.8 Å². The fraction of sp³-hybridized carbons (Fsp3) is 0.333. The summed E-state index contributed by atoms with van der Waals surface area (Å²) in [5.41, 5.74) is -1.68. The molecule has 38 heavy (non-hydrogen) atoms. The summed E-state index contributed by atoms with van der Waals surface area (Å²) in [4.78, 5) is 69.1. The summed E-state index contributed by atoms with van der Waals surface area (Å²) in [5, 5.41) is 31.4. The highest BCUT2D eigenvalue weighted by Crippen LogP contribution is 2.39. The van der Waals surface area contributed by atoms with Crippen molar-refractivity contribution in [2.45, 2.75) is 23.6 Å². The van der Waals surface area contributed by atoms with Gasteiger partial charge in [-0.15, -0.1) is 23.1 Å². The number of ether oxygens (including phenoxy) is 1. The van der Waals surface area contributed by atoms with E-state index in [1.54, 1.807) is 0 Å². The van der Waals surface area contributed by atoms with E-state index in [9.17, 15) is 34.4 Å². The van der Waals surface area contributed by atoms with E-state index >= 15 is 0 Å². The lowest BCUT2D eigenvalue weighted by Crippen LogP contribution is -2.75. The number of oxime groups is 1. The van der Waals surface area contributed by atoms with Crippen molar-refractivity contribution in [3.8, 4) is 0 Å². The molecule has 2 aliphatic heterocycles. The molecule has 0 saturated carbocycles. The van der Waals surface area contributed by atoms with Crippen LogP contribution in [0.1, 0.15) is 11.3 Å². The molecule has 2 aromatic rings. The van der Waals surface area contributed by atoms with Gasteiger partial charge in [0.2, 0.25) is 12.3 Å². The van der Waals surface area contributed by atoms with Gasteiger partial charge in [-0.05, 0) is 17.7 Å². The van der Waals surface area contributed by atoms with Crippen molar-refractivity contribution in [2.24, 2.45) is 5.16 Å². The van der Waals surface area contributed by atoms with Crippen molar-refractivity contribution >= 4 is 63.8 Å². The predicted octanol–water partition coefficient (Wildman–Crippen LogP) is -0.155. The predicted molar refractivity (Wildman–Crippen MR) is 133 cm³/mol. The van der Waals surface area contributed by atoms with Crippen molar-refractivity contribution < 1.29 is 38.8 Å². The third-order valence-electron chi connectivity index (χ3n) is 5.58. The second-order valence-electron chi connectivity index (χ2n) is 8.07. The van der Waals surface area contributed by atoms with Gasteiger partial charge in [-0.1, -0.05) is 5.16 Å². The third-order valence-corrected chi connectivity index (χ3v) is 7.86. The molecule has 2 unspecified atom stereocenters. The number of nitro groups is 1. The Bertz CT molecular complexity index is 1300. The average molecular weight is 565 g/mol. The first-order valence-corrected chi connectivity index (χ1v) is 12.7. The van der Waals surface area contributed by atoms with Crippen LogP contribution in [0.2, 0.25) is 0 Å². The van der Waals surface area contributed by atoms with E-state index < -0.39 is 39.7 Å². The van der Waals surface area contributed by atoms with Crippen LogP contribution < -0.4 is 10.6 Å². The molecule has 15 nitrogen and oxygen atoms in total. The number of hydrogen-bond donors (Lipinski definition) is 3. The number of esters is 1. The number of benzene rings is 1. The molecule has 3 N–H and O–H groups in total. The Hall–Kier alpha value is -4.09. The first kappa shape index (κ1) is 27.0. The molecule has 2 fully saturated rings. The lowest BCUT2D eigenvalue weighted by molar-refractivity contribution is -0.384. The Labute approximate surface area is 222 Å². The molecule has 4 rings (SSSR count). The number of hydrogen-bond acceptors (Lipinski definition) is 13. The highest BCUT2D eigenvalue weighted by atomic mass is 32.2. The van der Waals surface area contributed by atoms with Crippen molar-refractivity contribution in [3.63, 3.8) is 0 Å². The summed E-state index contributed by atoms with van der Waals surface area (Å²) in [7, 11) is 1.24. The summed E-state index contributed by atoms with van der Waals surface area (Å²) < 4.78 is 5.19. The molecule has 1 aromatic heterocycles. The number of anilines is 1. The summed E-state index contributed by atoms with van der Waals surface area (Å²) >= 11 is 2.15. The monoisotopic (exact) mass is 564 g/mol. The minimum absolute atomic E-state index is 0.0985. The van der Waals surface area contributed by atoms with Gasteiger partial charge in [0.1, 0.15) is 30.8 Å². The normalized spacial score (nSPS) is 22.5. The molecule has 200 valence electrons. The van der Waals surface area contributed by atoms with Crippen molar-refractivity contribution in [1.82, 2.24) is 15.2 Å². The first-order valence-electron chi connectivity index (χ1n) is 10.8. The maximum absolute atomic E-state index is 12.8. The summed E-state index contributed by atoms with van der Waals surface area (Å²) in [6, 6.07) is 4.45. The van der Waals surface area contributed by atoms with Crippen LogP contribution >= 0.6 is 23.1 Å². The van der Waals surface area contributed by atoms with Gasteiger partial charge in [0, 0.05) is 23.3 Å². The second-order valence-corrected chi connectivity index (χ2v) is 10.0. The van der Waals surface area contributed by atoms with Crippen LogP contribution in [0.5, 0.6) is 0 Å². The van der Waals surface area contributed by atoms with Crippen LogP contribution in [-0.2, 0) is 35.4 Å². The van der Waals surface area contributed by atoms with Crippen LogP contribution in [-0.4, -0.2) is 86.2 Å². The van der Waals surface area contributed by atoms with Crippen molar-refractivity contribution in [1.29, 1.82) is 0 Å². The zero-order valence-corrected chi connectivity index (χ0v) is 21.2. The van der Waals surface area contributed by atoms with Gasteiger partial charge in [0.15, 0.2) is 16.4 Å². The topological polar surface area (TPSA) is 203 Å². The minimum Gasteiger partial charge on any atom is -0.459 e. The molecule has 3 atom stereocenters. The second kappa shape index (κ2) is 11.1. The van der Waals surface area contributed by atoms with Gasteiger partial charge < -0.3 is 30.2 Å². The first-order chi connectivity index (χ1) is 18.2. The number of rotatable bonds is 10. The smallest absolute Gasteiger partial charge is 0.341 e. The zero-order valence-electron chi connectivity index (χ0n) is 19.6. The minimum atomic E-state index is -1.97. The number of carbonyl (C=O) groups excluding carboxylic acids is 4. The summed E-state index contributed by atoms with van der Waals surface area (Å²) in [6.45, 7) is -0.553. The number of non-ortho nitro benzene ring substituents is 1. The van der Waals surface area contributed by atoms with Crippen molar-refractivity contribution in [2.75, 3.05) is 24.7 Å². The Kier molecular flexibility index (Phi) is 7.88. The molecule has 0 bridgehead atoms. The quantitative estimate of drug-likeness (QED) is 0.0864. The summed E-state index contributed by atoms with van der Waals surface area (Å²) in [6.07, 6.45) is 0.435.